The SMILES string of the molecule is C.C#CC.C#CC(C)CC.C#CCC.CC#CCC(C)C#CCC. The maximum Gasteiger partial charge on any atom is 0.0283 e. The van der Waals surface area contributed by atoms with Gasteiger partial charge >= 0.3 is 0 Å². The fraction of sp³-hybridized carbons (Fsp3) is 0.583. The van der Waals surface area contributed by atoms with Gasteiger partial charge in [-0.25, -0.2) is 0 Å². The van der Waals surface area contributed by atoms with E-state index in [-0.39, 0.29) is 7.43 Å². The Morgan fingerprint density at radius 2 is 1.29 bits per heavy atom. The summed E-state index contributed by atoms with van der Waals surface area (Å²) in [5.41, 5.74) is 0. The molecule has 0 heterocycles. The zero-order valence-corrected chi connectivity index (χ0v) is 16.2. The van der Waals surface area contributed by atoms with Crippen molar-refractivity contribution in [3.05, 3.63) is 0 Å². The van der Waals surface area contributed by atoms with Crippen LogP contribution < -0.4 is 0 Å². The van der Waals surface area contributed by atoms with Crippen LogP contribution in [0.5, 0.6) is 0 Å². The second-order valence-electron chi connectivity index (χ2n) is 4.53. The number of rotatable bonds is 2. The van der Waals surface area contributed by atoms with E-state index in [1.54, 1.807) is 6.92 Å². The van der Waals surface area contributed by atoms with Gasteiger partial charge in [-0.2, -0.15) is 0 Å². The summed E-state index contributed by atoms with van der Waals surface area (Å²) in [6, 6.07) is 0. The van der Waals surface area contributed by atoms with Crippen LogP contribution in [0.3, 0.4) is 0 Å². The molecule has 0 saturated heterocycles. The van der Waals surface area contributed by atoms with Crippen molar-refractivity contribution < 1.29 is 0 Å². The average Bonchev–Trinajstić information content (AvgIpc) is 2.58. The molecule has 0 aliphatic heterocycles. The van der Waals surface area contributed by atoms with Gasteiger partial charge in [-0.05, 0) is 20.3 Å². The summed E-state index contributed by atoms with van der Waals surface area (Å²) >= 11 is 0. The second kappa shape index (κ2) is 37.2. The van der Waals surface area contributed by atoms with Gasteiger partial charge in [-0.15, -0.1) is 54.8 Å². The van der Waals surface area contributed by atoms with Crippen LogP contribution in [0.2, 0.25) is 0 Å². The maximum atomic E-state index is 5.03. The van der Waals surface area contributed by atoms with Crippen LogP contribution in [-0.2, 0) is 0 Å². The zero-order valence-electron chi connectivity index (χ0n) is 16.2. The van der Waals surface area contributed by atoms with Gasteiger partial charge in [-0.3, -0.25) is 0 Å². The molecule has 0 rings (SSSR count). The van der Waals surface area contributed by atoms with Crippen molar-refractivity contribution in [2.75, 3.05) is 0 Å². The highest BCUT2D eigenvalue weighted by molar-refractivity contribution is 5.07. The summed E-state index contributed by atoms with van der Waals surface area (Å²) in [5, 5.41) is 0. The van der Waals surface area contributed by atoms with Crippen LogP contribution in [0.1, 0.15) is 81.6 Å². The molecular formula is C24H38. The molecule has 0 aliphatic carbocycles. The summed E-state index contributed by atoms with van der Waals surface area (Å²) < 4.78 is 0. The minimum Gasteiger partial charge on any atom is -0.120 e. The molecule has 0 aromatic carbocycles. The molecule has 2 unspecified atom stereocenters. The molecule has 134 valence electrons. The zero-order chi connectivity index (χ0) is 18.9. The highest BCUT2D eigenvalue weighted by Crippen LogP contribution is 1.96. The van der Waals surface area contributed by atoms with Gasteiger partial charge in [0.05, 0.1) is 0 Å². The molecule has 2 atom stereocenters. The van der Waals surface area contributed by atoms with Gasteiger partial charge < -0.3 is 0 Å². The van der Waals surface area contributed by atoms with E-state index >= 15 is 0 Å². The predicted octanol–water partition coefficient (Wildman–Crippen LogP) is 6.42. The van der Waals surface area contributed by atoms with E-state index in [9.17, 15) is 0 Å². The summed E-state index contributed by atoms with van der Waals surface area (Å²) in [6.07, 6.45) is 18.2. The van der Waals surface area contributed by atoms with E-state index in [4.69, 9.17) is 12.8 Å². The van der Waals surface area contributed by atoms with Crippen molar-refractivity contribution in [2.24, 2.45) is 11.8 Å². The first-order chi connectivity index (χ1) is 10.9. The minimum atomic E-state index is 0. The van der Waals surface area contributed by atoms with Crippen molar-refractivity contribution in [2.45, 2.75) is 81.6 Å². The van der Waals surface area contributed by atoms with Crippen molar-refractivity contribution in [3.8, 4) is 60.7 Å². The Hall–Kier alpha value is -2.20. The molecule has 0 heteroatoms. The Morgan fingerprint density at radius 3 is 1.50 bits per heavy atom. The normalized spacial score (nSPS) is 8.67. The summed E-state index contributed by atoms with van der Waals surface area (Å²) in [4.78, 5) is 0. The summed E-state index contributed by atoms with van der Waals surface area (Å²) in [7, 11) is 0. The number of hydrogen-bond acceptors (Lipinski definition) is 0. The lowest BCUT2D eigenvalue weighted by Crippen LogP contribution is -1.86. The average molecular weight is 327 g/mol. The van der Waals surface area contributed by atoms with Crippen molar-refractivity contribution >= 4 is 0 Å². The van der Waals surface area contributed by atoms with Crippen LogP contribution >= 0.6 is 0 Å². The molecule has 0 amide bonds. The molecule has 0 spiro atoms. The van der Waals surface area contributed by atoms with Gasteiger partial charge in [0.15, 0.2) is 0 Å². The Balaban J connectivity index is -0.0000000738. The minimum absolute atomic E-state index is 0. The molecule has 0 saturated carbocycles. The molecule has 0 aliphatic rings. The monoisotopic (exact) mass is 326 g/mol. The molecule has 0 bridgehead atoms. The first kappa shape index (κ1) is 33.4. The van der Waals surface area contributed by atoms with Gasteiger partial charge in [0.2, 0.25) is 0 Å². The quantitative estimate of drug-likeness (QED) is 0.514. The fourth-order valence-electron chi connectivity index (χ4n) is 0.700. The molecule has 0 aromatic heterocycles. The van der Waals surface area contributed by atoms with Gasteiger partial charge in [-0.1, -0.05) is 48.0 Å². The highest BCUT2D eigenvalue weighted by Gasteiger charge is 1.90. The van der Waals surface area contributed by atoms with E-state index in [0.717, 1.165) is 25.7 Å². The lowest BCUT2D eigenvalue weighted by molar-refractivity contribution is 0.724. The van der Waals surface area contributed by atoms with Crippen LogP contribution in [0.25, 0.3) is 0 Å². The third-order valence-corrected chi connectivity index (χ3v) is 2.21. The lowest BCUT2D eigenvalue weighted by Gasteiger charge is -1.92. The molecular weight excluding hydrogens is 288 g/mol. The molecule has 0 nitrogen and oxygen atoms in total. The van der Waals surface area contributed by atoms with E-state index in [0.29, 0.717) is 11.8 Å². The summed E-state index contributed by atoms with van der Waals surface area (Å²) in [6.45, 7) is 13.8. The first-order valence-electron chi connectivity index (χ1n) is 8.10. The molecule has 0 aromatic rings. The largest absolute Gasteiger partial charge is 0.120 e. The third-order valence-electron chi connectivity index (χ3n) is 2.21. The van der Waals surface area contributed by atoms with Crippen LogP contribution in [0, 0.1) is 72.5 Å². The van der Waals surface area contributed by atoms with E-state index in [1.165, 1.54) is 0 Å². The Morgan fingerprint density at radius 1 is 0.833 bits per heavy atom. The van der Waals surface area contributed by atoms with E-state index in [2.05, 4.69) is 68.6 Å². The maximum absolute atomic E-state index is 5.03. The van der Waals surface area contributed by atoms with Gasteiger partial charge in [0, 0.05) is 31.1 Å². The Bertz CT molecular complexity index is 451. The highest BCUT2D eigenvalue weighted by atomic mass is 13.9. The predicted molar refractivity (Wildman–Crippen MR) is 114 cm³/mol. The molecule has 0 radical (unpaired) electrons. The van der Waals surface area contributed by atoms with Crippen LogP contribution in [0.15, 0.2) is 0 Å². The van der Waals surface area contributed by atoms with E-state index < -0.39 is 0 Å². The van der Waals surface area contributed by atoms with E-state index in [1.807, 2.05) is 20.8 Å². The Labute approximate surface area is 154 Å². The first-order valence-corrected chi connectivity index (χ1v) is 8.10. The van der Waals surface area contributed by atoms with Crippen molar-refractivity contribution in [3.63, 3.8) is 0 Å². The third kappa shape index (κ3) is 60.0. The number of terminal acetylenes is 3. The van der Waals surface area contributed by atoms with Crippen molar-refractivity contribution in [1.82, 2.24) is 0 Å². The molecule has 0 fully saturated rings. The summed E-state index contributed by atoms with van der Waals surface area (Å²) in [5.74, 6) is 20.2. The lowest BCUT2D eigenvalue weighted by atomic mass is 10.1. The second-order valence-corrected chi connectivity index (χ2v) is 4.53. The Kier molecular flexibility index (Phi) is 51.8. The fourth-order valence-corrected chi connectivity index (χ4v) is 0.700. The van der Waals surface area contributed by atoms with Crippen molar-refractivity contribution in [1.29, 1.82) is 0 Å². The smallest absolute Gasteiger partial charge is 0.0283 e. The number of hydrogen-bond donors (Lipinski definition) is 0. The topological polar surface area (TPSA) is 0 Å². The van der Waals surface area contributed by atoms with Gasteiger partial charge in [0.25, 0.3) is 0 Å². The standard InChI is InChI=1S/C10H14.C6H10.C4H6.C3H4.CH4/c1-4-6-8-10(3)9-7-5-2;1-4-6(3)5-2;1-3-4-2;1-3-2;/h10H,4,9H2,1-3H3;1,6H,5H2,2-3H3;1H,4H2,2H3;1H,2H3;1H4. The van der Waals surface area contributed by atoms with Gasteiger partial charge in [0.1, 0.15) is 0 Å². The van der Waals surface area contributed by atoms with Crippen LogP contribution in [-0.4, -0.2) is 0 Å². The van der Waals surface area contributed by atoms with Crippen LogP contribution in [0.4, 0.5) is 0 Å². The molecule has 0 N–H and O–H groups in total. The molecule has 24 heavy (non-hydrogen) atoms.